The maximum atomic E-state index is 12.8. The number of ketones is 1. The second-order valence-electron chi connectivity index (χ2n) is 5.55. The molecule has 0 amide bonds. The zero-order valence-electron chi connectivity index (χ0n) is 14.1. The highest BCUT2D eigenvalue weighted by molar-refractivity contribution is 9.13. The summed E-state index contributed by atoms with van der Waals surface area (Å²) in [6, 6.07) is 11.3. The normalized spacial score (nSPS) is 11.1. The van der Waals surface area contributed by atoms with Crippen molar-refractivity contribution in [1.82, 2.24) is 9.47 Å². The Kier molecular flexibility index (Phi) is 6.45. The summed E-state index contributed by atoms with van der Waals surface area (Å²) >= 11 is 6.94. The number of ether oxygens (including phenoxy) is 1. The average Bonchev–Trinajstić information content (AvgIpc) is 2.88. The van der Waals surface area contributed by atoms with Crippen molar-refractivity contribution in [2.75, 3.05) is 21.2 Å². The fourth-order valence-electron chi connectivity index (χ4n) is 2.28. The van der Waals surface area contributed by atoms with Crippen molar-refractivity contribution in [2.24, 2.45) is 0 Å². The number of nitriles is 1. The van der Waals surface area contributed by atoms with Crippen molar-refractivity contribution in [2.45, 2.75) is 6.54 Å². The van der Waals surface area contributed by atoms with Crippen LogP contribution in [0.4, 0.5) is 0 Å². The van der Waals surface area contributed by atoms with Gasteiger partial charge in [0, 0.05) is 26.8 Å². The number of nitrogens with zero attached hydrogens (tertiary/aromatic N) is 3. The highest BCUT2D eigenvalue weighted by Crippen LogP contribution is 2.30. The Hall–Kier alpha value is -2.04. The summed E-state index contributed by atoms with van der Waals surface area (Å²) in [7, 11) is 5.16. The van der Waals surface area contributed by atoms with Crippen molar-refractivity contribution >= 4 is 37.6 Å². The number of hydrogen-bond donors (Lipinski definition) is 0. The smallest absolute Gasteiger partial charge is 0.221 e. The Morgan fingerprint density at radius 2 is 1.96 bits per heavy atom. The van der Waals surface area contributed by atoms with E-state index in [0.717, 1.165) is 20.4 Å². The highest BCUT2D eigenvalue weighted by atomic mass is 79.9. The van der Waals surface area contributed by atoms with Gasteiger partial charge in [0.05, 0.1) is 21.9 Å². The molecule has 0 atom stereocenters. The number of rotatable bonds is 6. The van der Waals surface area contributed by atoms with Crippen molar-refractivity contribution in [3.63, 3.8) is 0 Å². The zero-order valence-corrected chi connectivity index (χ0v) is 17.3. The van der Waals surface area contributed by atoms with Gasteiger partial charge in [-0.15, -0.1) is 0 Å². The van der Waals surface area contributed by atoms with E-state index in [1.165, 1.54) is 6.20 Å². The molecule has 0 aliphatic heterocycles. The fourth-order valence-corrected chi connectivity index (χ4v) is 3.14. The molecule has 0 fully saturated rings. The molecule has 0 unspecified atom stereocenters. The molecular weight excluding hydrogens is 450 g/mol. The molecule has 0 saturated heterocycles. The molecule has 130 valence electrons. The van der Waals surface area contributed by atoms with Gasteiger partial charge in [-0.05, 0) is 55.6 Å². The standard InChI is InChI=1S/C18H17Br2N3O2/c1-22(2)11-13(9-21)17(24)16-8-15(19)18(20)23(16)10-12-4-6-14(25-3)7-5-12/h4-8,11H,10H2,1-3H3. The number of carbonyl (C=O) groups excluding carboxylic acids is 1. The molecule has 0 aliphatic carbocycles. The Bertz CT molecular complexity index is 846. The third-order valence-corrected chi connectivity index (χ3v) is 5.46. The second-order valence-corrected chi connectivity index (χ2v) is 7.16. The van der Waals surface area contributed by atoms with Gasteiger partial charge < -0.3 is 14.2 Å². The van der Waals surface area contributed by atoms with Gasteiger partial charge in [-0.25, -0.2) is 0 Å². The summed E-state index contributed by atoms with van der Waals surface area (Å²) in [5, 5.41) is 9.31. The Balaban J connectivity index is 2.42. The van der Waals surface area contributed by atoms with E-state index in [1.807, 2.05) is 34.9 Å². The molecule has 25 heavy (non-hydrogen) atoms. The lowest BCUT2D eigenvalue weighted by atomic mass is 10.1. The van der Waals surface area contributed by atoms with Gasteiger partial charge in [-0.3, -0.25) is 4.79 Å². The second kappa shape index (κ2) is 8.37. The van der Waals surface area contributed by atoms with Gasteiger partial charge in [-0.1, -0.05) is 12.1 Å². The maximum absolute atomic E-state index is 12.8. The third-order valence-electron chi connectivity index (χ3n) is 3.47. The first-order valence-corrected chi connectivity index (χ1v) is 8.96. The lowest BCUT2D eigenvalue weighted by molar-refractivity contribution is 0.102. The van der Waals surface area contributed by atoms with Crippen LogP contribution in [0.3, 0.4) is 0 Å². The summed E-state index contributed by atoms with van der Waals surface area (Å²) in [4.78, 5) is 14.5. The highest BCUT2D eigenvalue weighted by Gasteiger charge is 2.21. The van der Waals surface area contributed by atoms with Crippen LogP contribution in [0.15, 0.2) is 51.2 Å². The molecule has 1 heterocycles. The van der Waals surface area contributed by atoms with Gasteiger partial charge in [-0.2, -0.15) is 5.26 Å². The SMILES string of the molecule is COc1ccc(Cn2c(C(=O)C(C#N)=CN(C)C)cc(Br)c2Br)cc1. The van der Waals surface area contributed by atoms with E-state index < -0.39 is 0 Å². The largest absolute Gasteiger partial charge is 0.497 e. The number of halogens is 2. The average molecular weight is 467 g/mol. The Morgan fingerprint density at radius 1 is 1.32 bits per heavy atom. The lowest BCUT2D eigenvalue weighted by Gasteiger charge is -2.12. The Labute approximate surface area is 163 Å². The fraction of sp³-hybridized carbons (Fsp3) is 0.222. The molecule has 1 aromatic heterocycles. The molecule has 7 heteroatoms. The number of hydrogen-bond acceptors (Lipinski definition) is 4. The van der Waals surface area contributed by atoms with Crippen LogP contribution in [0.5, 0.6) is 5.75 Å². The summed E-state index contributed by atoms with van der Waals surface area (Å²) in [6.45, 7) is 0.484. The number of carbonyl (C=O) groups is 1. The van der Waals surface area contributed by atoms with Crippen LogP contribution >= 0.6 is 31.9 Å². The minimum absolute atomic E-state index is 0.0819. The van der Waals surface area contributed by atoms with Crippen LogP contribution in [0.25, 0.3) is 0 Å². The lowest BCUT2D eigenvalue weighted by Crippen LogP contribution is -2.14. The maximum Gasteiger partial charge on any atom is 0.221 e. The van der Waals surface area contributed by atoms with E-state index in [4.69, 9.17) is 4.74 Å². The number of benzene rings is 1. The molecule has 0 N–H and O–H groups in total. The van der Waals surface area contributed by atoms with Crippen LogP contribution in [0.1, 0.15) is 16.1 Å². The van der Waals surface area contributed by atoms with E-state index in [1.54, 1.807) is 32.2 Å². The number of methoxy groups -OCH3 is 1. The molecule has 0 saturated carbocycles. The topological polar surface area (TPSA) is 58.3 Å². The van der Waals surface area contributed by atoms with Gasteiger partial charge >= 0.3 is 0 Å². The van der Waals surface area contributed by atoms with Crippen molar-refractivity contribution < 1.29 is 9.53 Å². The summed E-state index contributed by atoms with van der Waals surface area (Å²) in [5.41, 5.74) is 1.52. The van der Waals surface area contributed by atoms with Gasteiger partial charge in [0.2, 0.25) is 5.78 Å². The molecule has 0 aliphatic rings. The quantitative estimate of drug-likeness (QED) is 0.363. The molecule has 1 aromatic carbocycles. The molecule has 0 spiro atoms. The summed E-state index contributed by atoms with van der Waals surface area (Å²) in [5.74, 6) is 0.449. The van der Waals surface area contributed by atoms with E-state index in [9.17, 15) is 10.1 Å². The van der Waals surface area contributed by atoms with Crippen LogP contribution in [-0.4, -0.2) is 36.5 Å². The molecule has 5 nitrogen and oxygen atoms in total. The van der Waals surface area contributed by atoms with Gasteiger partial charge in [0.25, 0.3) is 0 Å². The van der Waals surface area contributed by atoms with Crippen LogP contribution in [0, 0.1) is 11.3 Å². The summed E-state index contributed by atoms with van der Waals surface area (Å²) in [6.07, 6.45) is 1.52. The van der Waals surface area contributed by atoms with Crippen LogP contribution < -0.4 is 4.74 Å². The van der Waals surface area contributed by atoms with Gasteiger partial charge in [0.15, 0.2) is 0 Å². The van der Waals surface area contributed by atoms with Crippen LogP contribution in [-0.2, 0) is 6.54 Å². The van der Waals surface area contributed by atoms with E-state index >= 15 is 0 Å². The minimum Gasteiger partial charge on any atom is -0.497 e. The Morgan fingerprint density at radius 3 is 2.48 bits per heavy atom. The first kappa shape index (κ1) is 19.3. The number of aromatic nitrogens is 1. The molecule has 2 aromatic rings. The number of allylic oxidation sites excluding steroid dienone is 1. The van der Waals surface area contributed by atoms with Crippen molar-refractivity contribution in [1.29, 1.82) is 5.26 Å². The summed E-state index contributed by atoms with van der Waals surface area (Å²) < 4.78 is 8.50. The number of Topliss-reactive ketones (excluding diaryl/α,β-unsaturated/α-hetero) is 1. The van der Waals surface area contributed by atoms with E-state index in [2.05, 4.69) is 31.9 Å². The molecule has 2 rings (SSSR count). The predicted molar refractivity (Wildman–Crippen MR) is 104 cm³/mol. The van der Waals surface area contributed by atoms with Crippen molar-refractivity contribution in [3.8, 4) is 11.8 Å². The zero-order chi connectivity index (χ0) is 18.6. The molecular formula is C18H17Br2N3O2. The third kappa shape index (κ3) is 4.53. The first-order chi connectivity index (χ1) is 11.9. The van der Waals surface area contributed by atoms with Crippen LogP contribution in [0.2, 0.25) is 0 Å². The van der Waals surface area contributed by atoms with E-state index in [-0.39, 0.29) is 11.4 Å². The predicted octanol–water partition coefficient (Wildman–Crippen LogP) is 4.22. The van der Waals surface area contributed by atoms with E-state index in [0.29, 0.717) is 12.2 Å². The molecule has 0 bridgehead atoms. The van der Waals surface area contributed by atoms with Crippen molar-refractivity contribution in [3.05, 3.63) is 62.4 Å². The monoisotopic (exact) mass is 465 g/mol. The van der Waals surface area contributed by atoms with Gasteiger partial charge in [0.1, 0.15) is 17.4 Å². The molecule has 0 radical (unpaired) electrons. The minimum atomic E-state index is -0.323. The first-order valence-electron chi connectivity index (χ1n) is 7.38.